The van der Waals surface area contributed by atoms with Gasteiger partial charge in [-0.25, -0.2) is 0 Å². The van der Waals surface area contributed by atoms with Crippen LogP contribution in [0.1, 0.15) is 0 Å². The fourth-order valence-corrected chi connectivity index (χ4v) is 0. The van der Waals surface area contributed by atoms with Gasteiger partial charge in [-0.05, 0) is 0 Å². The second kappa shape index (κ2) is 9.46. The summed E-state index contributed by atoms with van der Waals surface area (Å²) in [6, 6.07) is 0. The van der Waals surface area contributed by atoms with Crippen molar-refractivity contribution in [3.05, 3.63) is 0 Å². The Morgan fingerprint density at radius 2 is 1.33 bits per heavy atom. The predicted octanol–water partition coefficient (Wildman–Crippen LogP) is -2.26. The van der Waals surface area contributed by atoms with Gasteiger partial charge in [0.05, 0.1) is 0 Å². The Labute approximate surface area is 69.4 Å². The van der Waals surface area contributed by atoms with Crippen LogP contribution in [-0.4, -0.2) is 48.3 Å². The van der Waals surface area contributed by atoms with E-state index in [-0.39, 0.29) is 46.6 Å². The van der Waals surface area contributed by atoms with E-state index in [9.17, 15) is 0 Å². The van der Waals surface area contributed by atoms with Crippen molar-refractivity contribution in [1.29, 1.82) is 0 Å². The van der Waals surface area contributed by atoms with Crippen molar-refractivity contribution >= 4 is 38.7 Å². The molecule has 0 fully saturated rings. The first-order chi connectivity index (χ1) is 1.73. The maximum absolute atomic E-state index is 8.74. The Balaban J connectivity index is -0.0000000450. The van der Waals surface area contributed by atoms with Gasteiger partial charge in [0.2, 0.25) is 0 Å². The van der Waals surface area contributed by atoms with Crippen LogP contribution in [0, 0.1) is 0 Å². The molecule has 0 bridgehead atoms. The fourth-order valence-electron chi connectivity index (χ4n) is 0. The molecule has 3 nitrogen and oxygen atoms in total. The van der Waals surface area contributed by atoms with Gasteiger partial charge in [-0.2, -0.15) is 0 Å². The molecule has 0 atom stereocenters. The monoisotopic (exact) mass is 158 g/mol. The predicted molar refractivity (Wildman–Crippen MR) is 18.0 cm³/mol. The quantitative estimate of drug-likeness (QED) is 0.391. The second-order valence-corrected chi connectivity index (χ2v) is 0.848. The molecule has 2 N–H and O–H groups in total. The normalized spacial score (nSPS) is 4.00. The van der Waals surface area contributed by atoms with Gasteiger partial charge in [-0.1, -0.05) is 0 Å². The Bertz CT molecular complexity index is 33.8. The van der Waals surface area contributed by atoms with E-state index in [1.165, 1.54) is 0 Å². The summed E-state index contributed by atoms with van der Waals surface area (Å²) in [7, 11) is -3.13. The van der Waals surface area contributed by atoms with Crippen LogP contribution in [0.5, 0.6) is 0 Å². The molecule has 0 aromatic heterocycles. The maximum atomic E-state index is 8.74. The first-order valence-electron chi connectivity index (χ1n) is 0.651. The molecular formula is H3FeNaO3Si. The first kappa shape index (κ1) is 15.7. The van der Waals surface area contributed by atoms with Gasteiger partial charge in [0.15, 0.2) is 0 Å². The van der Waals surface area contributed by atoms with E-state index in [1.54, 1.807) is 0 Å². The zero-order valence-corrected chi connectivity index (χ0v) is 4.26. The van der Waals surface area contributed by atoms with Gasteiger partial charge < -0.3 is 9.59 Å². The SMILES string of the molecule is O=[Si](O)O.[Fe].[NaH]. The zero-order chi connectivity index (χ0) is 3.58. The number of hydrogen-bond acceptors (Lipinski definition) is 1. The minimum absolute atomic E-state index is 0. The van der Waals surface area contributed by atoms with Crippen LogP contribution in [-0.2, 0) is 21.5 Å². The summed E-state index contributed by atoms with van der Waals surface area (Å²) in [5.74, 6) is 0. The number of rotatable bonds is 0. The average Bonchev–Trinajstić information content (AvgIpc) is 0.811. The molecule has 0 radical (unpaired) electrons. The molecule has 0 amide bonds. The number of hydrogen-bond donors (Lipinski definition) is 2. The molecule has 6 heteroatoms. The average molecular weight is 158 g/mol. The molecule has 34 valence electrons. The summed E-state index contributed by atoms with van der Waals surface area (Å²) in [6.07, 6.45) is 0. The van der Waals surface area contributed by atoms with Crippen molar-refractivity contribution in [2.45, 2.75) is 0 Å². The first-order valence-corrected chi connectivity index (χ1v) is 1.95. The molecule has 0 aliphatic rings. The van der Waals surface area contributed by atoms with Crippen molar-refractivity contribution in [2.75, 3.05) is 0 Å². The van der Waals surface area contributed by atoms with Crippen LogP contribution < -0.4 is 0 Å². The van der Waals surface area contributed by atoms with Crippen molar-refractivity contribution in [2.24, 2.45) is 0 Å². The molecule has 0 heterocycles. The molecule has 0 aliphatic carbocycles. The van der Waals surface area contributed by atoms with E-state index < -0.39 is 9.17 Å². The van der Waals surface area contributed by atoms with Crippen LogP contribution >= 0.6 is 0 Å². The van der Waals surface area contributed by atoms with Crippen LogP contribution in [0.2, 0.25) is 0 Å². The molecular weight excluding hydrogens is 155 g/mol. The Morgan fingerprint density at radius 3 is 1.33 bits per heavy atom. The zero-order valence-electron chi connectivity index (χ0n) is 2.16. The van der Waals surface area contributed by atoms with Crippen LogP contribution in [0.25, 0.3) is 0 Å². The third kappa shape index (κ3) is 68.1. The summed E-state index contributed by atoms with van der Waals surface area (Å²) in [6.45, 7) is 0. The molecule has 0 aliphatic heterocycles. The standard InChI is InChI=1S/Fe.Na.H2O3Si.H/c;;1-4(2)3;/h;;1-2H;. The molecule has 0 aromatic rings. The van der Waals surface area contributed by atoms with Crippen LogP contribution in [0.3, 0.4) is 0 Å². The van der Waals surface area contributed by atoms with Gasteiger partial charge in [-0.15, -0.1) is 0 Å². The van der Waals surface area contributed by atoms with E-state index in [0.29, 0.717) is 0 Å². The van der Waals surface area contributed by atoms with Gasteiger partial charge in [0.25, 0.3) is 0 Å². The van der Waals surface area contributed by atoms with E-state index in [4.69, 9.17) is 14.1 Å². The summed E-state index contributed by atoms with van der Waals surface area (Å²) >= 11 is 0. The van der Waals surface area contributed by atoms with E-state index in [2.05, 4.69) is 0 Å². The Kier molecular flexibility index (Phi) is 24.8. The minimum atomic E-state index is -3.13. The second-order valence-electron chi connectivity index (χ2n) is 0.283. The molecule has 6 heavy (non-hydrogen) atoms. The van der Waals surface area contributed by atoms with E-state index in [1.807, 2.05) is 0 Å². The van der Waals surface area contributed by atoms with Crippen molar-refractivity contribution in [3.63, 3.8) is 0 Å². The molecule has 0 unspecified atom stereocenters. The van der Waals surface area contributed by atoms with Gasteiger partial charge in [0, 0.05) is 17.1 Å². The Morgan fingerprint density at radius 1 is 1.33 bits per heavy atom. The molecule has 0 saturated heterocycles. The topological polar surface area (TPSA) is 57.5 Å². The molecule has 0 spiro atoms. The van der Waals surface area contributed by atoms with Crippen LogP contribution in [0.15, 0.2) is 0 Å². The van der Waals surface area contributed by atoms with Crippen LogP contribution in [0.4, 0.5) is 0 Å². The van der Waals surface area contributed by atoms with Gasteiger partial charge in [-0.3, -0.25) is 4.46 Å². The summed E-state index contributed by atoms with van der Waals surface area (Å²) in [5.41, 5.74) is 0. The van der Waals surface area contributed by atoms with Crippen molar-refractivity contribution in [1.82, 2.24) is 0 Å². The molecule has 0 aromatic carbocycles. The Hall–Kier alpha value is 1.14. The van der Waals surface area contributed by atoms with Crippen molar-refractivity contribution in [3.8, 4) is 0 Å². The van der Waals surface area contributed by atoms with E-state index in [0.717, 1.165) is 0 Å². The van der Waals surface area contributed by atoms with E-state index >= 15 is 0 Å². The third-order valence-electron chi connectivity index (χ3n) is 0. The third-order valence-corrected chi connectivity index (χ3v) is 0. The molecule has 0 rings (SSSR count). The van der Waals surface area contributed by atoms with Gasteiger partial charge >= 0.3 is 38.7 Å². The van der Waals surface area contributed by atoms with Crippen molar-refractivity contribution < 1.29 is 31.1 Å². The summed E-state index contributed by atoms with van der Waals surface area (Å²) in [5, 5.41) is 0. The summed E-state index contributed by atoms with van der Waals surface area (Å²) in [4.78, 5) is 14.3. The summed E-state index contributed by atoms with van der Waals surface area (Å²) < 4.78 is 8.74. The molecule has 0 saturated carbocycles. The fraction of sp³-hybridized carbons (Fsp3) is 0. The van der Waals surface area contributed by atoms with Gasteiger partial charge in [0.1, 0.15) is 0 Å².